The number of nitrogens with zero attached hydrogens (tertiary/aromatic N) is 1. The number of allylic oxidation sites excluding steroid dienone is 9. The van der Waals surface area contributed by atoms with E-state index in [4.69, 9.17) is 13.8 Å². The van der Waals surface area contributed by atoms with Crippen LogP contribution in [0.15, 0.2) is 60.8 Å². The number of rotatable bonds is 57. The molecular weight excluding hydrogens is 952 g/mol. The minimum atomic E-state index is -4.45. The predicted molar refractivity (Wildman–Crippen MR) is 323 cm³/mol. The molecule has 2 N–H and O–H groups in total. The number of unbranched alkanes of at least 4 members (excludes halogenated alkanes) is 33. The van der Waals surface area contributed by atoms with Crippen LogP contribution in [0.4, 0.5) is 0 Å². The number of hydrogen-bond acceptors (Lipinski definition) is 6. The summed E-state index contributed by atoms with van der Waals surface area (Å²) < 4.78 is 30.7. The van der Waals surface area contributed by atoms with Crippen LogP contribution < -0.4 is 5.32 Å². The molecule has 0 aliphatic carbocycles. The second-order valence-corrected chi connectivity index (χ2v) is 24.0. The van der Waals surface area contributed by atoms with Crippen molar-refractivity contribution < 1.29 is 37.3 Å². The molecule has 0 aromatic heterocycles. The van der Waals surface area contributed by atoms with E-state index >= 15 is 0 Å². The summed E-state index contributed by atoms with van der Waals surface area (Å²) in [6.07, 6.45) is 69.3. The van der Waals surface area contributed by atoms with Gasteiger partial charge < -0.3 is 19.4 Å². The van der Waals surface area contributed by atoms with E-state index in [2.05, 4.69) is 74.7 Å². The lowest BCUT2D eigenvalue weighted by Crippen LogP contribution is -2.47. The van der Waals surface area contributed by atoms with Crippen LogP contribution in [-0.4, -0.2) is 74.3 Å². The number of nitrogens with one attached hydrogen (secondary N) is 1. The third kappa shape index (κ3) is 56.2. The van der Waals surface area contributed by atoms with Gasteiger partial charge in [-0.15, -0.1) is 0 Å². The molecule has 438 valence electrons. The van der Waals surface area contributed by atoms with Gasteiger partial charge in [0.05, 0.1) is 33.8 Å². The highest BCUT2D eigenvalue weighted by atomic mass is 31.2. The highest BCUT2D eigenvalue weighted by molar-refractivity contribution is 7.47. The van der Waals surface area contributed by atoms with Gasteiger partial charge >= 0.3 is 13.8 Å². The fraction of sp³-hybridized carbons (Fsp3) is 0.815. The van der Waals surface area contributed by atoms with Gasteiger partial charge in [-0.3, -0.25) is 18.6 Å². The maximum absolute atomic E-state index is 13.5. The average Bonchev–Trinajstić information content (AvgIpc) is 3.37. The van der Waals surface area contributed by atoms with Gasteiger partial charge in [0.25, 0.3) is 0 Å². The fourth-order valence-corrected chi connectivity index (χ4v) is 9.78. The summed E-state index contributed by atoms with van der Waals surface area (Å²) >= 11 is 0. The minimum Gasteiger partial charge on any atom is -0.456 e. The Morgan fingerprint density at radius 3 is 1.24 bits per heavy atom. The molecule has 3 atom stereocenters. The van der Waals surface area contributed by atoms with Crippen molar-refractivity contribution in [1.29, 1.82) is 0 Å². The van der Waals surface area contributed by atoms with Gasteiger partial charge in [-0.1, -0.05) is 262 Å². The molecule has 75 heavy (non-hydrogen) atoms. The van der Waals surface area contributed by atoms with Crippen molar-refractivity contribution in [3.63, 3.8) is 0 Å². The number of hydrogen-bond donors (Lipinski definition) is 2. The zero-order chi connectivity index (χ0) is 55.0. The minimum absolute atomic E-state index is 0.0384. The summed E-state index contributed by atoms with van der Waals surface area (Å²) in [5.41, 5.74) is 0. The summed E-state index contributed by atoms with van der Waals surface area (Å²) in [5, 5.41) is 3.05. The number of likely N-dealkylation sites (N-methyl/N-ethyl adjacent to an activating group) is 1. The standard InChI is InChI=1S/C65H121N2O7P/c1-7-10-13-16-19-22-25-27-29-30-31-32-33-34-35-36-38-40-43-46-49-52-55-58-65(69)74-63(56-53-50-47-44-41-24-21-18-15-12-9-3)62(61-73-75(70,71)72-60-59-67(4,5)6)66-64(68)57-54-51-48-45-42-39-37-28-26-23-20-17-14-11-8-2/h19,22,27,29,31-32,34-35,53,56,62-63H,7-18,20-21,23-26,28,30,33,36-52,54-55,57-61H2,1-6H3,(H-,66,68,70,71)/p+1/b22-19-,29-27-,32-31-,35-34-,56-53+. The summed E-state index contributed by atoms with van der Waals surface area (Å²) in [6.45, 7) is 6.99. The molecule has 0 heterocycles. The molecule has 0 rings (SSSR count). The monoisotopic (exact) mass is 1070 g/mol. The van der Waals surface area contributed by atoms with Crippen LogP contribution in [0.5, 0.6) is 0 Å². The first-order valence-corrected chi connectivity index (χ1v) is 33.1. The molecule has 0 saturated carbocycles. The lowest BCUT2D eigenvalue weighted by Gasteiger charge is -2.27. The van der Waals surface area contributed by atoms with E-state index in [1.54, 1.807) is 0 Å². The van der Waals surface area contributed by atoms with Gasteiger partial charge in [-0.2, -0.15) is 0 Å². The molecule has 0 aliphatic heterocycles. The Hall–Kier alpha value is -2.29. The number of carbonyl (C=O) groups excluding carboxylic acids is 2. The largest absolute Gasteiger partial charge is 0.472 e. The normalized spacial score (nSPS) is 14.1. The van der Waals surface area contributed by atoms with E-state index in [-0.39, 0.29) is 31.5 Å². The zero-order valence-electron chi connectivity index (χ0n) is 50.0. The number of phosphoric ester groups is 1. The summed E-state index contributed by atoms with van der Waals surface area (Å²) in [4.78, 5) is 37.7. The van der Waals surface area contributed by atoms with E-state index in [0.29, 0.717) is 17.4 Å². The molecular formula is C65H122N2O7P+. The maximum atomic E-state index is 13.5. The molecule has 0 fully saturated rings. The predicted octanol–water partition coefficient (Wildman–Crippen LogP) is 19.4. The third-order valence-corrected chi connectivity index (χ3v) is 14.9. The zero-order valence-corrected chi connectivity index (χ0v) is 50.9. The van der Waals surface area contributed by atoms with Crippen LogP contribution in [0.3, 0.4) is 0 Å². The molecule has 10 heteroatoms. The second kappa shape index (κ2) is 55.0. The van der Waals surface area contributed by atoms with Crippen molar-refractivity contribution in [1.82, 2.24) is 5.32 Å². The van der Waals surface area contributed by atoms with E-state index in [1.165, 1.54) is 167 Å². The number of carbonyl (C=O) groups is 2. The van der Waals surface area contributed by atoms with Crippen molar-refractivity contribution in [2.45, 2.75) is 303 Å². The topological polar surface area (TPSA) is 111 Å². The first kappa shape index (κ1) is 72.7. The van der Waals surface area contributed by atoms with Crippen molar-refractivity contribution in [2.75, 3.05) is 40.9 Å². The lowest BCUT2D eigenvalue weighted by molar-refractivity contribution is -0.870. The Labute approximate surface area is 464 Å². The smallest absolute Gasteiger partial charge is 0.456 e. The van der Waals surface area contributed by atoms with Crippen LogP contribution in [0.1, 0.15) is 290 Å². The Morgan fingerprint density at radius 2 is 0.813 bits per heavy atom. The lowest BCUT2D eigenvalue weighted by atomic mass is 10.0. The van der Waals surface area contributed by atoms with Gasteiger partial charge in [-0.05, 0) is 76.7 Å². The molecule has 0 saturated heterocycles. The highest BCUT2D eigenvalue weighted by Crippen LogP contribution is 2.43. The molecule has 3 unspecified atom stereocenters. The van der Waals surface area contributed by atoms with Gasteiger partial charge in [-0.25, -0.2) is 4.57 Å². The van der Waals surface area contributed by atoms with Crippen molar-refractivity contribution in [3.05, 3.63) is 60.8 Å². The van der Waals surface area contributed by atoms with Crippen LogP contribution in [0.25, 0.3) is 0 Å². The summed E-state index contributed by atoms with van der Waals surface area (Å²) in [6, 6.07) is -0.851. The molecule has 0 spiro atoms. The van der Waals surface area contributed by atoms with E-state index in [9.17, 15) is 19.0 Å². The van der Waals surface area contributed by atoms with Crippen molar-refractivity contribution >= 4 is 19.7 Å². The van der Waals surface area contributed by atoms with Crippen molar-refractivity contribution in [3.8, 4) is 0 Å². The Balaban J connectivity index is 5.18. The molecule has 0 radical (unpaired) electrons. The molecule has 9 nitrogen and oxygen atoms in total. The molecule has 1 amide bonds. The number of esters is 1. The second-order valence-electron chi connectivity index (χ2n) is 22.6. The van der Waals surface area contributed by atoms with Crippen LogP contribution in [-0.2, 0) is 27.9 Å². The Morgan fingerprint density at radius 1 is 0.467 bits per heavy atom. The molecule has 0 aliphatic rings. The highest BCUT2D eigenvalue weighted by Gasteiger charge is 2.30. The van der Waals surface area contributed by atoms with Gasteiger partial charge in [0, 0.05) is 12.8 Å². The van der Waals surface area contributed by atoms with Gasteiger partial charge in [0.15, 0.2) is 0 Å². The van der Waals surface area contributed by atoms with Crippen LogP contribution in [0, 0.1) is 0 Å². The van der Waals surface area contributed by atoms with Crippen molar-refractivity contribution in [2.24, 2.45) is 0 Å². The van der Waals surface area contributed by atoms with E-state index in [1.807, 2.05) is 33.3 Å². The maximum Gasteiger partial charge on any atom is 0.472 e. The quantitative estimate of drug-likeness (QED) is 0.0205. The molecule has 0 aromatic rings. The first-order chi connectivity index (χ1) is 36.4. The van der Waals surface area contributed by atoms with Gasteiger partial charge in [0.1, 0.15) is 19.3 Å². The summed E-state index contributed by atoms with van der Waals surface area (Å²) in [5.74, 6) is -0.510. The Bertz CT molecular complexity index is 1470. The number of phosphoric acid groups is 1. The number of amides is 1. The molecule has 0 bridgehead atoms. The van der Waals surface area contributed by atoms with Gasteiger partial charge in [0.2, 0.25) is 5.91 Å². The fourth-order valence-electron chi connectivity index (χ4n) is 9.04. The number of quaternary nitrogens is 1. The van der Waals surface area contributed by atoms with Crippen LogP contribution >= 0.6 is 7.82 Å². The van der Waals surface area contributed by atoms with E-state index in [0.717, 1.165) is 89.9 Å². The average molecular weight is 1070 g/mol. The third-order valence-electron chi connectivity index (χ3n) is 14.0. The Kier molecular flexibility index (Phi) is 53.4. The SMILES string of the molecule is CCCCC/C=C\C/C=C\C/C=C\C/C=C\CCCCCCCCCC(=O)OC(/C=C/CCCCCCCCCCC)C(COP(=O)(O)OCC[N+](C)(C)C)NC(=O)CCCCCCCCCCCCCCCCC. The van der Waals surface area contributed by atoms with E-state index < -0.39 is 20.0 Å². The first-order valence-electron chi connectivity index (χ1n) is 31.6. The summed E-state index contributed by atoms with van der Waals surface area (Å²) in [7, 11) is 1.49. The molecule has 0 aromatic carbocycles. The van der Waals surface area contributed by atoms with Crippen LogP contribution in [0.2, 0.25) is 0 Å². The number of ether oxygens (including phenoxy) is 1.